The lowest BCUT2D eigenvalue weighted by Gasteiger charge is -2.32. The minimum atomic E-state index is 0.0313. The lowest BCUT2D eigenvalue weighted by Crippen LogP contribution is -2.47. The van der Waals surface area contributed by atoms with Crippen molar-refractivity contribution >= 4 is 11.6 Å². The van der Waals surface area contributed by atoms with E-state index in [0.29, 0.717) is 11.7 Å². The van der Waals surface area contributed by atoms with Crippen LogP contribution in [0, 0.1) is 0 Å². The van der Waals surface area contributed by atoms with Crippen LogP contribution in [0.2, 0.25) is 0 Å². The van der Waals surface area contributed by atoms with Crippen molar-refractivity contribution in [1.29, 1.82) is 0 Å². The number of nitrogens with zero attached hydrogens (tertiary/aromatic N) is 4. The summed E-state index contributed by atoms with van der Waals surface area (Å²) >= 11 is 0. The highest BCUT2D eigenvalue weighted by Gasteiger charge is 2.21. The third-order valence-electron chi connectivity index (χ3n) is 4.91. The van der Waals surface area contributed by atoms with Crippen LogP contribution in [0.15, 0.2) is 48.7 Å². The summed E-state index contributed by atoms with van der Waals surface area (Å²) < 4.78 is 0. The summed E-state index contributed by atoms with van der Waals surface area (Å²) in [4.78, 5) is 23.5. The second-order valence-corrected chi connectivity index (χ2v) is 7.20. The largest absolute Gasteiger partial charge is 0.364 e. The third kappa shape index (κ3) is 4.41. The number of likely N-dealkylation sites (N-methyl/N-ethyl adjacent to an activating group) is 1. The fraction of sp³-hybridized carbons (Fsp3) is 0.429. The lowest BCUT2D eigenvalue weighted by molar-refractivity contribution is 0.0658. The minimum absolute atomic E-state index is 0.0313. The van der Waals surface area contributed by atoms with E-state index in [4.69, 9.17) is 0 Å². The molecule has 1 saturated heterocycles. The highest BCUT2D eigenvalue weighted by atomic mass is 16.2. The van der Waals surface area contributed by atoms with Crippen molar-refractivity contribution in [1.82, 2.24) is 14.8 Å². The van der Waals surface area contributed by atoms with E-state index in [-0.39, 0.29) is 5.91 Å². The maximum atomic E-state index is 12.6. The summed E-state index contributed by atoms with van der Waals surface area (Å²) in [6.07, 6.45) is 1.83. The van der Waals surface area contributed by atoms with Gasteiger partial charge in [-0.1, -0.05) is 30.3 Å². The number of amides is 1. The Labute approximate surface area is 156 Å². The third-order valence-corrected chi connectivity index (χ3v) is 4.91. The number of carbonyl (C=O) groups is 1. The van der Waals surface area contributed by atoms with Crippen LogP contribution in [-0.2, 0) is 6.54 Å². The number of pyridine rings is 1. The standard InChI is InChI=1S/C21H28N4O/c1-17(2)25(16-18-7-5-4-6-8-18)19-9-10-20(22-15-19)21(26)24-13-11-23(3)12-14-24/h4-10,15,17H,11-14,16H2,1-3H3. The van der Waals surface area contributed by atoms with Crippen molar-refractivity contribution in [2.24, 2.45) is 0 Å². The summed E-state index contributed by atoms with van der Waals surface area (Å²) in [5.41, 5.74) is 2.83. The fourth-order valence-corrected chi connectivity index (χ4v) is 3.21. The zero-order valence-corrected chi connectivity index (χ0v) is 15.9. The molecule has 1 aromatic carbocycles. The number of piperazine rings is 1. The number of aromatic nitrogens is 1. The fourth-order valence-electron chi connectivity index (χ4n) is 3.21. The smallest absolute Gasteiger partial charge is 0.272 e. The molecule has 26 heavy (non-hydrogen) atoms. The predicted octanol–water partition coefficient (Wildman–Crippen LogP) is 2.88. The van der Waals surface area contributed by atoms with E-state index in [9.17, 15) is 4.79 Å². The van der Waals surface area contributed by atoms with Gasteiger partial charge in [0.1, 0.15) is 5.69 Å². The van der Waals surface area contributed by atoms with Crippen molar-refractivity contribution in [2.45, 2.75) is 26.4 Å². The maximum Gasteiger partial charge on any atom is 0.272 e. The van der Waals surface area contributed by atoms with Gasteiger partial charge >= 0.3 is 0 Å². The molecule has 1 fully saturated rings. The Bertz CT molecular complexity index is 707. The van der Waals surface area contributed by atoms with Gasteiger partial charge in [-0.05, 0) is 38.6 Å². The number of rotatable bonds is 5. The van der Waals surface area contributed by atoms with E-state index in [2.05, 4.69) is 59.9 Å². The Hall–Kier alpha value is -2.40. The molecule has 5 nitrogen and oxygen atoms in total. The SMILES string of the molecule is CC(C)N(Cc1ccccc1)c1ccc(C(=O)N2CCN(C)CC2)nc1. The molecule has 0 saturated carbocycles. The zero-order valence-electron chi connectivity index (χ0n) is 15.9. The first-order chi connectivity index (χ1) is 12.5. The van der Waals surface area contributed by atoms with Gasteiger partial charge in [-0.15, -0.1) is 0 Å². The van der Waals surface area contributed by atoms with Crippen LogP contribution in [0.4, 0.5) is 5.69 Å². The van der Waals surface area contributed by atoms with Crippen LogP contribution in [-0.4, -0.2) is 60.0 Å². The van der Waals surface area contributed by atoms with Gasteiger partial charge < -0.3 is 14.7 Å². The number of hydrogen-bond donors (Lipinski definition) is 0. The van der Waals surface area contributed by atoms with Crippen LogP contribution >= 0.6 is 0 Å². The van der Waals surface area contributed by atoms with Crippen LogP contribution in [0.5, 0.6) is 0 Å². The first-order valence-electron chi connectivity index (χ1n) is 9.29. The van der Waals surface area contributed by atoms with E-state index in [1.807, 2.05) is 29.3 Å². The van der Waals surface area contributed by atoms with Crippen LogP contribution in [0.25, 0.3) is 0 Å². The highest BCUT2D eigenvalue weighted by molar-refractivity contribution is 5.92. The van der Waals surface area contributed by atoms with Gasteiger partial charge in [-0.3, -0.25) is 4.79 Å². The number of anilines is 1. The monoisotopic (exact) mass is 352 g/mol. The number of hydrogen-bond acceptors (Lipinski definition) is 4. The summed E-state index contributed by atoms with van der Waals surface area (Å²) in [6.45, 7) is 8.55. The second kappa shape index (κ2) is 8.32. The van der Waals surface area contributed by atoms with Crippen molar-refractivity contribution in [3.05, 3.63) is 59.9 Å². The van der Waals surface area contributed by atoms with Gasteiger partial charge in [0, 0.05) is 38.8 Å². The van der Waals surface area contributed by atoms with Crippen LogP contribution < -0.4 is 4.90 Å². The summed E-state index contributed by atoms with van der Waals surface area (Å²) in [6, 6.07) is 14.6. The first-order valence-corrected chi connectivity index (χ1v) is 9.29. The number of benzene rings is 1. The molecule has 2 heterocycles. The van der Waals surface area contributed by atoms with E-state index < -0.39 is 0 Å². The molecule has 0 N–H and O–H groups in total. The van der Waals surface area contributed by atoms with E-state index in [1.165, 1.54) is 5.56 Å². The van der Waals surface area contributed by atoms with Crippen molar-refractivity contribution < 1.29 is 4.79 Å². The second-order valence-electron chi connectivity index (χ2n) is 7.20. The average Bonchev–Trinajstić information content (AvgIpc) is 2.67. The van der Waals surface area contributed by atoms with Crippen molar-refractivity contribution in [3.63, 3.8) is 0 Å². The molecule has 0 bridgehead atoms. The Kier molecular flexibility index (Phi) is 5.89. The topological polar surface area (TPSA) is 39.7 Å². The Morgan fingerprint density at radius 3 is 2.35 bits per heavy atom. The molecule has 1 aliphatic rings. The molecule has 3 rings (SSSR count). The van der Waals surface area contributed by atoms with E-state index in [1.54, 1.807) is 0 Å². The molecule has 0 unspecified atom stereocenters. The van der Waals surface area contributed by atoms with Gasteiger partial charge in [-0.25, -0.2) is 4.98 Å². The molecule has 0 radical (unpaired) electrons. The van der Waals surface area contributed by atoms with Gasteiger partial charge in [0.05, 0.1) is 11.9 Å². The Morgan fingerprint density at radius 1 is 1.08 bits per heavy atom. The van der Waals surface area contributed by atoms with Gasteiger partial charge in [0.25, 0.3) is 5.91 Å². The maximum absolute atomic E-state index is 12.6. The van der Waals surface area contributed by atoms with Crippen molar-refractivity contribution in [2.75, 3.05) is 38.1 Å². The number of carbonyl (C=O) groups excluding carboxylic acids is 1. The Morgan fingerprint density at radius 2 is 1.77 bits per heavy atom. The molecule has 0 atom stereocenters. The first kappa shape index (κ1) is 18.4. The summed E-state index contributed by atoms with van der Waals surface area (Å²) in [5, 5.41) is 0. The molecule has 2 aromatic rings. The van der Waals surface area contributed by atoms with Gasteiger partial charge in [0.15, 0.2) is 0 Å². The lowest BCUT2D eigenvalue weighted by atomic mass is 10.1. The molecule has 1 aromatic heterocycles. The van der Waals surface area contributed by atoms with Crippen molar-refractivity contribution in [3.8, 4) is 0 Å². The summed E-state index contributed by atoms with van der Waals surface area (Å²) in [7, 11) is 2.09. The molecule has 138 valence electrons. The average molecular weight is 352 g/mol. The summed E-state index contributed by atoms with van der Waals surface area (Å²) in [5.74, 6) is 0.0313. The van der Waals surface area contributed by atoms with E-state index in [0.717, 1.165) is 38.4 Å². The van der Waals surface area contributed by atoms with Gasteiger partial charge in [-0.2, -0.15) is 0 Å². The molecule has 5 heteroatoms. The molecular weight excluding hydrogens is 324 g/mol. The molecule has 1 aliphatic heterocycles. The zero-order chi connectivity index (χ0) is 18.5. The normalized spacial score (nSPS) is 15.3. The minimum Gasteiger partial charge on any atom is -0.364 e. The Balaban J connectivity index is 1.71. The van der Waals surface area contributed by atoms with Crippen LogP contribution in [0.1, 0.15) is 29.9 Å². The van der Waals surface area contributed by atoms with E-state index >= 15 is 0 Å². The molecule has 1 amide bonds. The molecule has 0 aliphatic carbocycles. The molecular formula is C21H28N4O. The van der Waals surface area contributed by atoms with Gasteiger partial charge in [0.2, 0.25) is 0 Å². The van der Waals surface area contributed by atoms with Crippen LogP contribution in [0.3, 0.4) is 0 Å². The molecule has 0 spiro atoms. The quantitative estimate of drug-likeness (QED) is 0.830. The highest BCUT2D eigenvalue weighted by Crippen LogP contribution is 2.20. The predicted molar refractivity (Wildman–Crippen MR) is 105 cm³/mol.